The number of nitrogens with two attached hydrogens (primary N) is 1. The largest absolute Gasteiger partial charge is 0.456 e. The molecule has 1 atom stereocenters. The van der Waals surface area contributed by atoms with Crippen molar-refractivity contribution in [3.8, 4) is 0 Å². The second kappa shape index (κ2) is 2.66. The van der Waals surface area contributed by atoms with Crippen molar-refractivity contribution in [3.05, 3.63) is 0 Å². The lowest BCUT2D eigenvalue weighted by atomic mass is 10.5. The Bertz CT molecular complexity index is 163. The van der Waals surface area contributed by atoms with Crippen LogP contribution in [-0.2, 0) is 19.1 Å². The lowest BCUT2D eigenvalue weighted by Crippen LogP contribution is -2.26. The number of ether oxygens (including phenoxy) is 2. The lowest BCUT2D eigenvalue weighted by molar-refractivity contribution is -0.153. The molecular formula is C5H7NO4. The summed E-state index contributed by atoms with van der Waals surface area (Å²) in [5, 5.41) is 0. The van der Waals surface area contributed by atoms with E-state index in [0.717, 1.165) is 0 Å². The third-order valence-electron chi connectivity index (χ3n) is 1.00. The first-order chi connectivity index (χ1) is 4.70. The zero-order chi connectivity index (χ0) is 7.56. The molecule has 1 saturated heterocycles. The molecular weight excluding hydrogens is 138 g/mol. The second-order valence-electron chi connectivity index (χ2n) is 1.92. The van der Waals surface area contributed by atoms with Crippen LogP contribution in [0, 0.1) is 0 Å². The maximum atomic E-state index is 10.3. The summed E-state index contributed by atoms with van der Waals surface area (Å²) in [5.74, 6) is -2.07. The van der Waals surface area contributed by atoms with Crippen molar-refractivity contribution in [2.75, 3.05) is 13.2 Å². The Labute approximate surface area is 57.1 Å². The van der Waals surface area contributed by atoms with E-state index in [-0.39, 0.29) is 12.7 Å². The molecule has 1 heterocycles. The molecule has 0 saturated carbocycles. The summed E-state index contributed by atoms with van der Waals surface area (Å²) < 4.78 is 9.10. The van der Waals surface area contributed by atoms with E-state index in [9.17, 15) is 9.59 Å². The van der Waals surface area contributed by atoms with Crippen LogP contribution in [-0.4, -0.2) is 31.2 Å². The molecule has 0 aromatic rings. The van der Waals surface area contributed by atoms with Crippen molar-refractivity contribution in [3.63, 3.8) is 0 Å². The van der Waals surface area contributed by atoms with Crippen LogP contribution in [0.5, 0.6) is 0 Å². The number of amides is 1. The van der Waals surface area contributed by atoms with Gasteiger partial charge in [0, 0.05) is 0 Å². The number of esters is 1. The molecule has 0 aromatic heterocycles. The first kappa shape index (κ1) is 7.01. The zero-order valence-electron chi connectivity index (χ0n) is 5.20. The van der Waals surface area contributed by atoms with Gasteiger partial charge in [-0.1, -0.05) is 0 Å². The zero-order valence-corrected chi connectivity index (χ0v) is 5.20. The fourth-order valence-electron chi connectivity index (χ4n) is 0.404. The summed E-state index contributed by atoms with van der Waals surface area (Å²) in [4.78, 5) is 20.4. The fraction of sp³-hybridized carbons (Fsp3) is 0.600. The van der Waals surface area contributed by atoms with Crippen molar-refractivity contribution in [1.82, 2.24) is 0 Å². The molecule has 0 spiro atoms. The number of primary amides is 1. The van der Waals surface area contributed by atoms with Crippen LogP contribution in [0.2, 0.25) is 0 Å². The van der Waals surface area contributed by atoms with Crippen molar-refractivity contribution in [2.24, 2.45) is 5.73 Å². The Hall–Kier alpha value is -1.10. The van der Waals surface area contributed by atoms with Crippen LogP contribution in [0.3, 0.4) is 0 Å². The maximum Gasteiger partial charge on any atom is 0.396 e. The Balaban J connectivity index is 2.11. The van der Waals surface area contributed by atoms with E-state index in [4.69, 9.17) is 4.74 Å². The maximum absolute atomic E-state index is 10.3. The highest BCUT2D eigenvalue weighted by atomic mass is 16.6. The monoisotopic (exact) mass is 145 g/mol. The van der Waals surface area contributed by atoms with Crippen molar-refractivity contribution < 1.29 is 19.1 Å². The van der Waals surface area contributed by atoms with Crippen LogP contribution in [0.4, 0.5) is 0 Å². The first-order valence-corrected chi connectivity index (χ1v) is 2.78. The summed E-state index contributed by atoms with van der Waals surface area (Å²) in [6, 6.07) is 0. The van der Waals surface area contributed by atoms with Gasteiger partial charge in [0.25, 0.3) is 0 Å². The minimum atomic E-state index is -1.07. The molecule has 0 radical (unpaired) electrons. The van der Waals surface area contributed by atoms with Crippen LogP contribution in [0.15, 0.2) is 0 Å². The van der Waals surface area contributed by atoms with Crippen LogP contribution in [0.1, 0.15) is 0 Å². The standard InChI is InChI=1S/C5H7NO4/c6-4(7)5(8)10-2-3-1-9-3/h3H,1-2H2,(H2,6,7). The second-order valence-corrected chi connectivity index (χ2v) is 1.92. The van der Waals surface area contributed by atoms with E-state index in [0.29, 0.717) is 6.61 Å². The lowest BCUT2D eigenvalue weighted by Gasteiger charge is -1.96. The summed E-state index contributed by atoms with van der Waals surface area (Å²) in [7, 11) is 0. The Morgan fingerprint density at radius 2 is 2.30 bits per heavy atom. The highest BCUT2D eigenvalue weighted by molar-refractivity contribution is 6.31. The molecule has 56 valence electrons. The molecule has 0 bridgehead atoms. The molecule has 1 aliphatic rings. The topological polar surface area (TPSA) is 81.9 Å². The smallest absolute Gasteiger partial charge is 0.396 e. The molecule has 2 N–H and O–H groups in total. The molecule has 5 heteroatoms. The van der Waals surface area contributed by atoms with E-state index in [1.165, 1.54) is 0 Å². The molecule has 10 heavy (non-hydrogen) atoms. The van der Waals surface area contributed by atoms with Gasteiger partial charge in [0.15, 0.2) is 0 Å². The van der Waals surface area contributed by atoms with E-state index < -0.39 is 11.9 Å². The highest BCUT2D eigenvalue weighted by Gasteiger charge is 2.25. The third kappa shape index (κ3) is 2.02. The van der Waals surface area contributed by atoms with Crippen molar-refractivity contribution >= 4 is 11.9 Å². The third-order valence-corrected chi connectivity index (χ3v) is 1.00. The summed E-state index contributed by atoms with van der Waals surface area (Å²) >= 11 is 0. The number of carbonyl (C=O) groups excluding carboxylic acids is 2. The summed E-state index contributed by atoms with van der Waals surface area (Å²) in [6.45, 7) is 0.716. The molecule has 1 unspecified atom stereocenters. The molecule has 1 amide bonds. The van der Waals surface area contributed by atoms with Gasteiger partial charge in [-0.2, -0.15) is 0 Å². The van der Waals surface area contributed by atoms with Gasteiger partial charge < -0.3 is 15.2 Å². The van der Waals surface area contributed by atoms with Gasteiger partial charge >= 0.3 is 11.9 Å². The normalized spacial score (nSPS) is 21.8. The van der Waals surface area contributed by atoms with Gasteiger partial charge in [0.1, 0.15) is 12.7 Å². The number of hydrogen-bond donors (Lipinski definition) is 1. The summed E-state index contributed by atoms with van der Waals surface area (Å²) in [6.07, 6.45) is -0.0247. The Morgan fingerprint density at radius 1 is 1.70 bits per heavy atom. The predicted octanol–water partition coefficient (Wildman–Crippen LogP) is -1.59. The minimum absolute atomic E-state index is 0.0247. The Morgan fingerprint density at radius 3 is 2.70 bits per heavy atom. The van der Waals surface area contributed by atoms with Crippen molar-refractivity contribution in [1.29, 1.82) is 0 Å². The SMILES string of the molecule is NC(=O)C(=O)OCC1CO1. The molecule has 5 nitrogen and oxygen atoms in total. The minimum Gasteiger partial charge on any atom is -0.456 e. The number of hydrogen-bond acceptors (Lipinski definition) is 4. The van der Waals surface area contributed by atoms with E-state index in [2.05, 4.69) is 10.5 Å². The molecule has 0 aliphatic carbocycles. The van der Waals surface area contributed by atoms with Gasteiger partial charge in [0.05, 0.1) is 6.61 Å². The number of epoxide rings is 1. The average molecular weight is 145 g/mol. The van der Waals surface area contributed by atoms with Crippen LogP contribution in [0.25, 0.3) is 0 Å². The van der Waals surface area contributed by atoms with E-state index in [1.807, 2.05) is 0 Å². The van der Waals surface area contributed by atoms with Gasteiger partial charge in [0.2, 0.25) is 0 Å². The van der Waals surface area contributed by atoms with Gasteiger partial charge in [-0.05, 0) is 0 Å². The fourth-order valence-corrected chi connectivity index (χ4v) is 0.404. The van der Waals surface area contributed by atoms with Gasteiger partial charge in [-0.25, -0.2) is 4.79 Å². The van der Waals surface area contributed by atoms with Gasteiger partial charge in [-0.15, -0.1) is 0 Å². The van der Waals surface area contributed by atoms with E-state index in [1.54, 1.807) is 0 Å². The number of rotatable bonds is 2. The average Bonchev–Trinajstić information content (AvgIpc) is 2.64. The summed E-state index contributed by atoms with van der Waals surface area (Å²) in [5.41, 5.74) is 4.59. The Kier molecular flexibility index (Phi) is 1.86. The van der Waals surface area contributed by atoms with Gasteiger partial charge in [-0.3, -0.25) is 4.79 Å². The van der Waals surface area contributed by atoms with Crippen molar-refractivity contribution in [2.45, 2.75) is 6.10 Å². The molecule has 1 fully saturated rings. The highest BCUT2D eigenvalue weighted by Crippen LogP contribution is 2.08. The van der Waals surface area contributed by atoms with Crippen LogP contribution < -0.4 is 5.73 Å². The predicted molar refractivity (Wildman–Crippen MR) is 29.9 cm³/mol. The quantitative estimate of drug-likeness (QED) is 0.288. The number of carbonyl (C=O) groups is 2. The van der Waals surface area contributed by atoms with Crippen LogP contribution >= 0.6 is 0 Å². The molecule has 1 rings (SSSR count). The molecule has 1 aliphatic heterocycles. The molecule has 0 aromatic carbocycles. The van der Waals surface area contributed by atoms with E-state index >= 15 is 0 Å². The first-order valence-electron chi connectivity index (χ1n) is 2.78.